The molecule has 2 heterocycles. The third-order valence-electron chi connectivity index (χ3n) is 6.76. The third-order valence-corrected chi connectivity index (χ3v) is 7.09. The van der Waals surface area contributed by atoms with Crippen LogP contribution in [0.2, 0.25) is 5.02 Å². The molecule has 0 amide bonds. The summed E-state index contributed by atoms with van der Waals surface area (Å²) in [6, 6.07) is 17.5. The molecule has 0 bridgehead atoms. The van der Waals surface area contributed by atoms with Crippen molar-refractivity contribution in [1.29, 1.82) is 0 Å². The zero-order chi connectivity index (χ0) is 23.5. The quantitative estimate of drug-likeness (QED) is 0.279. The summed E-state index contributed by atoms with van der Waals surface area (Å²) in [6.45, 7) is 3.66. The van der Waals surface area contributed by atoms with Crippen LogP contribution in [0.15, 0.2) is 60.7 Å². The summed E-state index contributed by atoms with van der Waals surface area (Å²) in [5.41, 5.74) is 2.86. The molecule has 8 heteroatoms. The number of aromatic nitrogens is 2. The predicted molar refractivity (Wildman–Crippen MR) is 125 cm³/mol. The number of hydrogen-bond acceptors (Lipinski definition) is 4. The Balaban J connectivity index is 1.64. The fourth-order valence-corrected chi connectivity index (χ4v) is 4.95. The van der Waals surface area contributed by atoms with Gasteiger partial charge in [-0.2, -0.15) is 0 Å². The van der Waals surface area contributed by atoms with Crippen molar-refractivity contribution in [3.05, 3.63) is 93.1 Å². The highest BCUT2D eigenvalue weighted by Crippen LogP contribution is 2.52. The summed E-state index contributed by atoms with van der Waals surface area (Å²) in [5, 5.41) is 35.1. The van der Waals surface area contributed by atoms with Crippen molar-refractivity contribution in [3.8, 4) is 11.4 Å². The van der Waals surface area contributed by atoms with Crippen molar-refractivity contribution < 1.29 is 19.7 Å². The van der Waals surface area contributed by atoms with E-state index >= 15 is 0 Å². The van der Waals surface area contributed by atoms with Crippen LogP contribution >= 0.6 is 11.6 Å². The number of fused-ring (bicyclic) bond motifs is 2. The molecule has 0 spiro atoms. The Morgan fingerprint density at radius 2 is 1.91 bits per heavy atom. The Bertz CT molecular complexity index is 1400. The number of carboxylic acids is 1. The molecule has 2 unspecified atom stereocenters. The number of quaternary nitrogens is 1. The second-order valence-electron chi connectivity index (χ2n) is 8.86. The number of H-pyrrole nitrogens is 1. The van der Waals surface area contributed by atoms with Crippen molar-refractivity contribution >= 4 is 28.6 Å². The van der Waals surface area contributed by atoms with Crippen LogP contribution < -0.4 is 0 Å². The van der Waals surface area contributed by atoms with E-state index in [4.69, 9.17) is 11.6 Å². The number of imidazole rings is 1. The molecular formula is C25H22ClN3O4. The fourth-order valence-electron chi connectivity index (χ4n) is 4.67. The van der Waals surface area contributed by atoms with Crippen LogP contribution in [0.4, 0.5) is 0 Å². The van der Waals surface area contributed by atoms with Crippen molar-refractivity contribution in [2.45, 2.75) is 32.2 Å². The first-order valence-electron chi connectivity index (χ1n) is 10.5. The van der Waals surface area contributed by atoms with Gasteiger partial charge in [-0.1, -0.05) is 41.9 Å². The van der Waals surface area contributed by atoms with Gasteiger partial charge in [-0.05, 0) is 44.2 Å². The first kappa shape index (κ1) is 21.6. The Morgan fingerprint density at radius 1 is 1.18 bits per heavy atom. The van der Waals surface area contributed by atoms with E-state index in [2.05, 4.69) is 9.97 Å². The summed E-state index contributed by atoms with van der Waals surface area (Å²) in [7, 11) is 0. The number of aliphatic hydroxyl groups is 1. The molecule has 0 saturated heterocycles. The maximum absolute atomic E-state index is 14.3. The fraction of sp³-hybridized carbons (Fsp3) is 0.200. The minimum absolute atomic E-state index is 0.00566. The minimum atomic E-state index is -1.37. The minimum Gasteiger partial charge on any atom is -0.630 e. The maximum atomic E-state index is 14.3. The second-order valence-corrected chi connectivity index (χ2v) is 9.27. The number of carboxylic acid groups (broad SMARTS) is 1. The monoisotopic (exact) mass is 463 g/mol. The number of aromatic amines is 1. The lowest BCUT2D eigenvalue weighted by atomic mass is 9.91. The van der Waals surface area contributed by atoms with Gasteiger partial charge in [0.25, 0.3) is 0 Å². The molecule has 0 radical (unpaired) electrons. The maximum Gasteiger partial charge on any atom is 0.335 e. The van der Waals surface area contributed by atoms with Crippen LogP contribution in [0.5, 0.6) is 0 Å². The van der Waals surface area contributed by atoms with Crippen LogP contribution in [-0.2, 0) is 12.1 Å². The largest absolute Gasteiger partial charge is 0.630 e. The van der Waals surface area contributed by atoms with Gasteiger partial charge < -0.3 is 25.1 Å². The highest BCUT2D eigenvalue weighted by molar-refractivity contribution is 6.31. The number of aliphatic hydroxyl groups excluding tert-OH is 1. The predicted octanol–water partition coefficient (Wildman–Crippen LogP) is 5.34. The average molecular weight is 464 g/mol. The van der Waals surface area contributed by atoms with E-state index in [0.717, 1.165) is 5.56 Å². The van der Waals surface area contributed by atoms with Crippen molar-refractivity contribution in [3.63, 3.8) is 0 Å². The number of carbonyl (C=O) groups is 1. The van der Waals surface area contributed by atoms with E-state index in [0.29, 0.717) is 38.6 Å². The molecule has 4 aromatic rings. The van der Waals surface area contributed by atoms with E-state index in [1.165, 1.54) is 12.1 Å². The number of aromatic carboxylic acids is 1. The van der Waals surface area contributed by atoms with Gasteiger partial charge >= 0.3 is 5.97 Å². The van der Waals surface area contributed by atoms with Crippen molar-refractivity contribution in [2.75, 3.05) is 0 Å². The van der Waals surface area contributed by atoms with E-state index in [1.807, 2.05) is 44.2 Å². The first-order chi connectivity index (χ1) is 15.6. The molecule has 1 aliphatic heterocycles. The van der Waals surface area contributed by atoms with E-state index in [1.54, 1.807) is 18.2 Å². The van der Waals surface area contributed by atoms with E-state index in [9.17, 15) is 20.2 Å². The molecule has 0 saturated carbocycles. The van der Waals surface area contributed by atoms with Gasteiger partial charge in [-0.15, -0.1) is 0 Å². The summed E-state index contributed by atoms with van der Waals surface area (Å²) in [6.07, 6.45) is -1.37. The van der Waals surface area contributed by atoms with Gasteiger partial charge in [0, 0.05) is 16.7 Å². The second kappa shape index (κ2) is 7.40. The molecule has 168 valence electrons. The average Bonchev–Trinajstić information content (AvgIpc) is 3.34. The number of nitrogens with one attached hydrogen (secondary N) is 1. The van der Waals surface area contributed by atoms with Crippen LogP contribution in [0.3, 0.4) is 0 Å². The molecule has 3 aromatic carbocycles. The highest BCUT2D eigenvalue weighted by Gasteiger charge is 2.51. The molecule has 7 nitrogen and oxygen atoms in total. The Morgan fingerprint density at radius 3 is 2.61 bits per heavy atom. The number of nitrogens with zero attached hydrogens (tertiary/aromatic N) is 2. The molecule has 1 aromatic heterocycles. The summed E-state index contributed by atoms with van der Waals surface area (Å²) in [5.74, 6) is -0.549. The van der Waals surface area contributed by atoms with Crippen LogP contribution in [0, 0.1) is 5.21 Å². The number of hydrogen-bond donors (Lipinski definition) is 3. The van der Waals surface area contributed by atoms with Crippen LogP contribution in [0.25, 0.3) is 22.4 Å². The lowest BCUT2D eigenvalue weighted by molar-refractivity contribution is -0.989. The zero-order valence-electron chi connectivity index (χ0n) is 18.0. The molecule has 3 N–H and O–H groups in total. The van der Waals surface area contributed by atoms with E-state index in [-0.39, 0.29) is 12.1 Å². The van der Waals surface area contributed by atoms with Gasteiger partial charge in [0.15, 0.2) is 0 Å². The molecule has 0 aliphatic carbocycles. The molecule has 0 fully saturated rings. The smallest absolute Gasteiger partial charge is 0.335 e. The molecule has 1 aliphatic rings. The van der Waals surface area contributed by atoms with Crippen molar-refractivity contribution in [1.82, 2.24) is 9.97 Å². The Hall–Kier alpha value is -3.23. The van der Waals surface area contributed by atoms with Gasteiger partial charge in [-0.3, -0.25) is 0 Å². The SMILES string of the molecule is CC(C)(c1ccccc1)[N+]1([O-])Cc2c(-c3nc4cc(C(=O)O)ccc4[nH]3)ccc(Cl)c2C1O. The lowest BCUT2D eigenvalue weighted by Gasteiger charge is -2.53. The van der Waals surface area contributed by atoms with Gasteiger partial charge in [0.05, 0.1) is 27.2 Å². The molecule has 5 rings (SSSR count). The number of rotatable bonds is 4. The standard InChI is InChI=1S/C25H22ClN3O4/c1-25(2,15-6-4-3-5-7-15)29(33)13-17-16(9-10-18(26)21(17)23(29)30)22-27-19-11-8-14(24(31)32)12-20(19)28-22/h3-12,23,30H,13H2,1-2H3,(H,27,28)(H,31,32). The van der Waals surface area contributed by atoms with Crippen LogP contribution in [-0.4, -0.2) is 30.8 Å². The molecule has 33 heavy (non-hydrogen) atoms. The van der Waals surface area contributed by atoms with Crippen molar-refractivity contribution in [2.24, 2.45) is 0 Å². The number of hydroxylamine groups is 3. The third kappa shape index (κ3) is 3.16. The topological polar surface area (TPSA) is 109 Å². The highest BCUT2D eigenvalue weighted by atomic mass is 35.5. The number of halogens is 1. The van der Waals surface area contributed by atoms with Gasteiger partial charge in [0.1, 0.15) is 17.9 Å². The Labute approximate surface area is 195 Å². The summed E-state index contributed by atoms with van der Waals surface area (Å²) in [4.78, 5) is 19.1. The van der Waals surface area contributed by atoms with Crippen LogP contribution in [0.1, 0.15) is 47.1 Å². The molecular weight excluding hydrogens is 442 g/mol. The normalized spacial score (nSPS) is 20.2. The lowest BCUT2D eigenvalue weighted by Crippen LogP contribution is -2.53. The molecule has 2 atom stereocenters. The first-order valence-corrected chi connectivity index (χ1v) is 10.9. The van der Waals surface area contributed by atoms with Gasteiger partial charge in [-0.25, -0.2) is 9.78 Å². The summed E-state index contributed by atoms with van der Waals surface area (Å²) < 4.78 is -0.910. The van der Waals surface area contributed by atoms with Gasteiger partial charge in [0.2, 0.25) is 6.23 Å². The number of benzene rings is 3. The summed E-state index contributed by atoms with van der Waals surface area (Å²) >= 11 is 6.48. The van der Waals surface area contributed by atoms with E-state index < -0.39 is 22.4 Å². The zero-order valence-corrected chi connectivity index (χ0v) is 18.8. The Kier molecular flexibility index (Phi) is 4.84.